The van der Waals surface area contributed by atoms with Crippen LogP contribution >= 0.6 is 22.7 Å². The number of allylic oxidation sites excluding steroid dienone is 4. The highest BCUT2D eigenvalue weighted by atomic mass is 32.1. The van der Waals surface area contributed by atoms with E-state index < -0.39 is 5.78 Å². The summed E-state index contributed by atoms with van der Waals surface area (Å²) in [5.74, 6) is -1.13. The van der Waals surface area contributed by atoms with Gasteiger partial charge in [-0.2, -0.15) is 0 Å². The third kappa shape index (κ3) is 7.82. The van der Waals surface area contributed by atoms with Crippen molar-refractivity contribution in [1.82, 2.24) is 35.3 Å². The normalized spacial score (nSPS) is 15.8. The van der Waals surface area contributed by atoms with Gasteiger partial charge in [0.15, 0.2) is 16.6 Å². The molecule has 3 heterocycles. The molecule has 3 aliphatic rings. The van der Waals surface area contributed by atoms with E-state index >= 15 is 0 Å². The van der Waals surface area contributed by atoms with Gasteiger partial charge >= 0.3 is 0 Å². The number of Topliss-reactive ketones (excluding diaryl/α,β-unsaturated/α-hetero) is 2. The zero-order chi connectivity index (χ0) is 36.2. The number of hydrogen-bond acceptors (Lipinski definition) is 14. The van der Waals surface area contributed by atoms with Crippen LogP contribution in [0.25, 0.3) is 0 Å². The van der Waals surface area contributed by atoms with Crippen LogP contribution in [0.5, 0.6) is 5.75 Å². The lowest BCUT2D eigenvalue weighted by molar-refractivity contribution is 0.0535. The molecule has 266 valence electrons. The maximum atomic E-state index is 13.3. The number of nitrogens with zero attached hydrogens (tertiary/aromatic N) is 5. The van der Waals surface area contributed by atoms with Crippen LogP contribution in [0.2, 0.25) is 0 Å². The number of methoxy groups -OCH3 is 1. The summed E-state index contributed by atoms with van der Waals surface area (Å²) < 4.78 is 5.15. The fraction of sp³-hybridized carbons (Fsp3) is 0.371. The summed E-state index contributed by atoms with van der Waals surface area (Å²) in [5.41, 5.74) is 1.14. The molecule has 0 unspecified atom stereocenters. The molecule has 2 aromatic heterocycles. The minimum Gasteiger partial charge on any atom is -0.497 e. The van der Waals surface area contributed by atoms with E-state index in [0.29, 0.717) is 73.4 Å². The highest BCUT2D eigenvalue weighted by Gasteiger charge is 2.34. The highest BCUT2D eigenvalue weighted by molar-refractivity contribution is 7.16. The molecule has 1 aromatic carbocycles. The van der Waals surface area contributed by atoms with Gasteiger partial charge in [-0.1, -0.05) is 0 Å². The van der Waals surface area contributed by atoms with Gasteiger partial charge in [0, 0.05) is 57.0 Å². The summed E-state index contributed by atoms with van der Waals surface area (Å²) in [6.45, 7) is 5.45. The Labute approximate surface area is 302 Å². The molecule has 51 heavy (non-hydrogen) atoms. The number of carbonyl (C=O) groups is 6. The first kappa shape index (κ1) is 35.8. The average Bonchev–Trinajstić information content (AvgIpc) is 3.77. The number of ketones is 4. The second-order valence-electron chi connectivity index (χ2n) is 12.3. The lowest BCUT2D eigenvalue weighted by Crippen LogP contribution is -2.50. The Hall–Kier alpha value is -5.06. The number of aromatic nitrogens is 2. The SMILES string of the molecule is COc1ccc(C(=O)N2CCN(C(=O)c3nc4c(s3)C(=O)C=C(NCCCN(C)CCCNC3=CC(=O)c5sc(C)nc5C3=O)C4=O)CC2)cc1. The molecule has 0 bridgehead atoms. The number of nitrogens with one attached hydrogen (secondary N) is 2. The molecule has 2 N–H and O–H groups in total. The van der Waals surface area contributed by atoms with Crippen molar-refractivity contribution in [3.8, 4) is 5.75 Å². The quantitative estimate of drug-likeness (QED) is 0.247. The van der Waals surface area contributed by atoms with E-state index in [-0.39, 0.29) is 61.8 Å². The number of ether oxygens (including phenoxy) is 1. The predicted molar refractivity (Wildman–Crippen MR) is 190 cm³/mol. The van der Waals surface area contributed by atoms with Crippen LogP contribution in [0.4, 0.5) is 0 Å². The van der Waals surface area contributed by atoms with Gasteiger partial charge in [-0.05, 0) is 64.2 Å². The van der Waals surface area contributed by atoms with E-state index in [0.717, 1.165) is 24.3 Å². The predicted octanol–water partition coefficient (Wildman–Crippen LogP) is 2.63. The van der Waals surface area contributed by atoms with Crippen molar-refractivity contribution in [3.05, 3.63) is 84.5 Å². The van der Waals surface area contributed by atoms with Crippen molar-refractivity contribution in [2.45, 2.75) is 19.8 Å². The summed E-state index contributed by atoms with van der Waals surface area (Å²) in [7, 11) is 3.52. The van der Waals surface area contributed by atoms with Gasteiger partial charge in [-0.25, -0.2) is 9.97 Å². The van der Waals surface area contributed by atoms with Crippen LogP contribution in [-0.2, 0) is 0 Å². The first-order valence-electron chi connectivity index (χ1n) is 16.5. The minimum absolute atomic E-state index is 0.0225. The second kappa shape index (κ2) is 15.4. The van der Waals surface area contributed by atoms with Crippen molar-refractivity contribution < 1.29 is 33.5 Å². The smallest absolute Gasteiger partial charge is 0.282 e. The van der Waals surface area contributed by atoms with Crippen LogP contribution in [0, 0.1) is 6.92 Å². The molecule has 14 nitrogen and oxygen atoms in total. The molecule has 1 fully saturated rings. The number of amides is 2. The number of fused-ring (bicyclic) bond motifs is 2. The van der Waals surface area contributed by atoms with Crippen LogP contribution in [0.15, 0.2) is 47.8 Å². The zero-order valence-electron chi connectivity index (χ0n) is 28.4. The van der Waals surface area contributed by atoms with E-state index in [9.17, 15) is 28.8 Å². The monoisotopic (exact) mass is 731 g/mol. The molecule has 6 rings (SSSR count). The maximum absolute atomic E-state index is 13.3. The summed E-state index contributed by atoms with van der Waals surface area (Å²) in [6, 6.07) is 6.86. The fourth-order valence-corrected chi connectivity index (χ4v) is 7.71. The van der Waals surface area contributed by atoms with E-state index in [2.05, 4.69) is 25.5 Å². The topological polar surface area (TPSA) is 171 Å². The summed E-state index contributed by atoms with van der Waals surface area (Å²) in [6.07, 6.45) is 4.02. The number of thiazole rings is 2. The minimum atomic E-state index is -0.431. The van der Waals surface area contributed by atoms with Crippen molar-refractivity contribution in [3.63, 3.8) is 0 Å². The highest BCUT2D eigenvalue weighted by Crippen LogP contribution is 2.28. The molecule has 0 spiro atoms. The van der Waals surface area contributed by atoms with Crippen molar-refractivity contribution in [2.24, 2.45) is 0 Å². The van der Waals surface area contributed by atoms with Gasteiger partial charge in [0.1, 0.15) is 26.9 Å². The van der Waals surface area contributed by atoms with Crippen LogP contribution in [0.3, 0.4) is 0 Å². The average molecular weight is 732 g/mol. The first-order valence-corrected chi connectivity index (χ1v) is 18.2. The molecular weight excluding hydrogens is 695 g/mol. The standard InChI is InChI=1S/C35H37N7O7S2/c1-20-38-27-29(45)23(18-25(43)31(27)50-20)36-10-4-12-40(2)13-5-11-37-24-19-26(44)32-28(30(24)46)39-33(51-32)35(48)42-16-14-41(15-17-42)34(47)21-6-8-22(49-3)9-7-21/h6-9,18-19,36-37H,4-5,10-17H2,1-3H3. The summed E-state index contributed by atoms with van der Waals surface area (Å²) in [5, 5.41) is 6.88. The Morgan fingerprint density at radius 1 is 0.784 bits per heavy atom. The maximum Gasteiger partial charge on any atom is 0.282 e. The third-order valence-electron chi connectivity index (χ3n) is 8.72. The fourth-order valence-electron chi connectivity index (χ4n) is 5.94. The lowest BCUT2D eigenvalue weighted by Gasteiger charge is -2.34. The van der Waals surface area contributed by atoms with Gasteiger partial charge in [0.05, 0.1) is 23.5 Å². The van der Waals surface area contributed by atoms with Gasteiger partial charge in [-0.3, -0.25) is 28.8 Å². The van der Waals surface area contributed by atoms with Crippen LogP contribution < -0.4 is 15.4 Å². The number of hydrogen-bond donors (Lipinski definition) is 2. The molecule has 16 heteroatoms. The second-order valence-corrected chi connectivity index (χ2v) is 14.5. The van der Waals surface area contributed by atoms with Gasteiger partial charge < -0.3 is 30.1 Å². The molecule has 3 aromatic rings. The van der Waals surface area contributed by atoms with Gasteiger partial charge in [0.2, 0.25) is 11.6 Å². The Kier molecular flexibility index (Phi) is 10.8. The zero-order valence-corrected chi connectivity index (χ0v) is 30.1. The Bertz CT molecular complexity index is 1960. The number of piperazine rings is 1. The number of aryl methyl sites for hydroxylation is 1. The molecule has 1 saturated heterocycles. The molecule has 1 aliphatic heterocycles. The molecule has 2 amide bonds. The molecule has 2 aliphatic carbocycles. The van der Waals surface area contributed by atoms with Crippen LogP contribution in [0.1, 0.15) is 78.3 Å². The van der Waals surface area contributed by atoms with E-state index in [1.807, 2.05) is 7.05 Å². The third-order valence-corrected chi connectivity index (χ3v) is 10.8. The van der Waals surface area contributed by atoms with Gasteiger partial charge in [0.25, 0.3) is 11.8 Å². The van der Waals surface area contributed by atoms with Crippen LogP contribution in [-0.4, -0.2) is 126 Å². The Morgan fingerprint density at radius 3 is 1.84 bits per heavy atom. The molecule has 0 atom stereocenters. The number of rotatable bonds is 13. The van der Waals surface area contributed by atoms with E-state index in [1.165, 1.54) is 23.5 Å². The summed E-state index contributed by atoms with van der Waals surface area (Å²) >= 11 is 2.14. The Morgan fingerprint density at radius 2 is 1.29 bits per heavy atom. The molecular formula is C35H37N7O7S2. The first-order chi connectivity index (χ1) is 24.5. The molecule has 0 radical (unpaired) electrons. The lowest BCUT2D eigenvalue weighted by atomic mass is 10.0. The summed E-state index contributed by atoms with van der Waals surface area (Å²) in [4.78, 5) is 91.8. The molecule has 0 saturated carbocycles. The van der Waals surface area contributed by atoms with Crippen molar-refractivity contribution in [2.75, 3.05) is 66.5 Å². The Balaban J connectivity index is 0.918. The van der Waals surface area contributed by atoms with Gasteiger partial charge in [-0.15, -0.1) is 22.7 Å². The van der Waals surface area contributed by atoms with Crippen molar-refractivity contribution in [1.29, 1.82) is 0 Å². The van der Waals surface area contributed by atoms with Crippen molar-refractivity contribution >= 4 is 57.6 Å². The largest absolute Gasteiger partial charge is 0.497 e. The van der Waals surface area contributed by atoms with E-state index in [4.69, 9.17) is 4.74 Å². The number of carbonyl (C=O) groups excluding carboxylic acids is 6. The van der Waals surface area contributed by atoms with E-state index in [1.54, 1.807) is 48.1 Å². The number of benzene rings is 1.